The second-order valence-corrected chi connectivity index (χ2v) is 7.84. The molecule has 0 bridgehead atoms. The van der Waals surface area contributed by atoms with Gasteiger partial charge in [-0.1, -0.05) is 22.0 Å². The number of nitrogens with one attached hydrogen (secondary N) is 1. The average molecular weight is 427 g/mol. The number of nitrogens with zero attached hydrogens (tertiary/aromatic N) is 1. The lowest BCUT2D eigenvalue weighted by Crippen LogP contribution is -2.38. The molecule has 4 nitrogen and oxygen atoms in total. The lowest BCUT2D eigenvalue weighted by atomic mass is 10.2. The Morgan fingerprint density at radius 1 is 1.36 bits per heavy atom. The van der Waals surface area contributed by atoms with Gasteiger partial charge in [-0.2, -0.15) is 0 Å². The maximum Gasteiger partial charge on any atom is 0.258 e. The molecule has 25 heavy (non-hydrogen) atoms. The molecule has 1 N–H and O–H groups in total. The molecule has 0 saturated carbocycles. The number of hydrogen-bond donors (Lipinski definition) is 1. The third-order valence-corrected chi connectivity index (χ3v) is 5.67. The quantitative estimate of drug-likeness (QED) is 0.727. The Bertz CT molecular complexity index is 705. The molecule has 1 fully saturated rings. The molecule has 134 valence electrons. The van der Waals surface area contributed by atoms with E-state index in [2.05, 4.69) is 37.6 Å². The van der Waals surface area contributed by atoms with E-state index in [1.54, 1.807) is 17.4 Å². The minimum Gasteiger partial charge on any atom is -0.481 e. The topological polar surface area (TPSA) is 41.6 Å². The molecule has 0 aliphatic carbocycles. The fourth-order valence-corrected chi connectivity index (χ4v) is 4.13. The Kier molecular flexibility index (Phi) is 6.45. The van der Waals surface area contributed by atoms with Crippen molar-refractivity contribution >= 4 is 33.2 Å². The summed E-state index contributed by atoms with van der Waals surface area (Å²) in [5.41, 5.74) is 0. The molecule has 1 saturated heterocycles. The zero-order valence-electron chi connectivity index (χ0n) is 13.7. The molecule has 2 heterocycles. The van der Waals surface area contributed by atoms with Gasteiger partial charge in [-0.3, -0.25) is 9.69 Å². The minimum atomic E-state index is -0.490. The summed E-state index contributed by atoms with van der Waals surface area (Å²) in [6, 6.07) is 8.82. The molecule has 2 aromatic rings. The highest BCUT2D eigenvalue weighted by Crippen LogP contribution is 2.27. The standard InChI is InChI=1S/C18H20BrFN2O2S/c19-13-5-6-16(14(20)10-13)24-12-18(23)21-11-15(17-4-3-9-25-17)22-7-1-2-8-22/h3-6,9-10,15H,1-2,7-8,11-12H2,(H,21,23). The molecule has 1 aromatic heterocycles. The molecule has 0 radical (unpaired) electrons. The number of likely N-dealkylation sites (tertiary alicyclic amines) is 1. The highest BCUT2D eigenvalue weighted by molar-refractivity contribution is 9.10. The summed E-state index contributed by atoms with van der Waals surface area (Å²) in [7, 11) is 0. The summed E-state index contributed by atoms with van der Waals surface area (Å²) in [5.74, 6) is -0.661. The van der Waals surface area contributed by atoms with Crippen LogP contribution in [0.2, 0.25) is 0 Å². The Morgan fingerprint density at radius 2 is 2.16 bits per heavy atom. The predicted octanol–water partition coefficient (Wildman–Crippen LogP) is 3.98. The van der Waals surface area contributed by atoms with Crippen molar-refractivity contribution in [3.05, 3.63) is 50.9 Å². The monoisotopic (exact) mass is 426 g/mol. The number of rotatable bonds is 7. The summed E-state index contributed by atoms with van der Waals surface area (Å²) in [4.78, 5) is 15.8. The first-order chi connectivity index (χ1) is 12.1. The maximum absolute atomic E-state index is 13.7. The summed E-state index contributed by atoms with van der Waals surface area (Å²) in [6.07, 6.45) is 2.39. The van der Waals surface area contributed by atoms with Crippen molar-refractivity contribution in [3.63, 3.8) is 0 Å². The number of benzene rings is 1. The Labute approximate surface area is 159 Å². The van der Waals surface area contributed by atoms with Crippen LogP contribution in [0.25, 0.3) is 0 Å². The fraction of sp³-hybridized carbons (Fsp3) is 0.389. The van der Waals surface area contributed by atoms with E-state index in [9.17, 15) is 9.18 Å². The molecule has 1 aliphatic rings. The Hall–Kier alpha value is -1.44. The molecule has 1 amide bonds. The van der Waals surface area contributed by atoms with Crippen LogP contribution in [-0.2, 0) is 4.79 Å². The molecular weight excluding hydrogens is 407 g/mol. The first-order valence-corrected chi connectivity index (χ1v) is 9.93. The van der Waals surface area contributed by atoms with E-state index in [0.29, 0.717) is 11.0 Å². The number of carbonyl (C=O) groups is 1. The van der Waals surface area contributed by atoms with Crippen molar-refractivity contribution in [3.8, 4) is 5.75 Å². The Morgan fingerprint density at radius 3 is 2.84 bits per heavy atom. The molecule has 3 rings (SSSR count). The van der Waals surface area contributed by atoms with Gasteiger partial charge in [-0.25, -0.2) is 4.39 Å². The van der Waals surface area contributed by atoms with Gasteiger partial charge in [0.25, 0.3) is 5.91 Å². The zero-order chi connectivity index (χ0) is 17.6. The smallest absolute Gasteiger partial charge is 0.258 e. The number of thiophene rings is 1. The first-order valence-electron chi connectivity index (χ1n) is 8.25. The van der Waals surface area contributed by atoms with Gasteiger partial charge in [0, 0.05) is 15.9 Å². The second kappa shape index (κ2) is 8.78. The number of ether oxygens (including phenoxy) is 1. The van der Waals surface area contributed by atoms with Crippen LogP contribution < -0.4 is 10.1 Å². The van der Waals surface area contributed by atoms with Crippen LogP contribution in [0.4, 0.5) is 4.39 Å². The van der Waals surface area contributed by atoms with E-state index in [0.717, 1.165) is 13.1 Å². The van der Waals surface area contributed by atoms with Crippen LogP contribution in [0.15, 0.2) is 40.2 Å². The zero-order valence-corrected chi connectivity index (χ0v) is 16.1. The van der Waals surface area contributed by atoms with Crippen molar-refractivity contribution in [1.29, 1.82) is 0 Å². The molecule has 0 spiro atoms. The highest BCUT2D eigenvalue weighted by atomic mass is 79.9. The molecule has 1 aromatic carbocycles. The van der Waals surface area contributed by atoms with Gasteiger partial charge in [0.2, 0.25) is 0 Å². The number of hydrogen-bond acceptors (Lipinski definition) is 4. The van der Waals surface area contributed by atoms with Crippen LogP contribution >= 0.6 is 27.3 Å². The summed E-state index contributed by atoms with van der Waals surface area (Å²) < 4.78 is 19.6. The molecule has 7 heteroatoms. The van der Waals surface area contributed by atoms with Crippen molar-refractivity contribution < 1.29 is 13.9 Å². The van der Waals surface area contributed by atoms with E-state index in [1.165, 1.54) is 29.9 Å². The first kappa shape index (κ1) is 18.4. The third kappa shape index (κ3) is 5.03. The van der Waals surface area contributed by atoms with Gasteiger partial charge >= 0.3 is 0 Å². The lowest BCUT2D eigenvalue weighted by Gasteiger charge is -2.26. The van der Waals surface area contributed by atoms with Gasteiger partial charge in [0.15, 0.2) is 18.2 Å². The summed E-state index contributed by atoms with van der Waals surface area (Å²) >= 11 is 4.89. The van der Waals surface area contributed by atoms with Crippen LogP contribution in [-0.4, -0.2) is 37.0 Å². The third-order valence-electron chi connectivity index (χ3n) is 4.20. The molecule has 1 unspecified atom stereocenters. The van der Waals surface area contributed by atoms with Gasteiger partial charge in [0.05, 0.1) is 6.04 Å². The van der Waals surface area contributed by atoms with Crippen LogP contribution in [0.5, 0.6) is 5.75 Å². The molecule has 1 atom stereocenters. The van der Waals surface area contributed by atoms with Crippen molar-refractivity contribution in [2.45, 2.75) is 18.9 Å². The highest BCUT2D eigenvalue weighted by Gasteiger charge is 2.24. The largest absolute Gasteiger partial charge is 0.481 e. The van der Waals surface area contributed by atoms with E-state index in [-0.39, 0.29) is 24.3 Å². The molecular formula is C18H20BrFN2O2S. The predicted molar refractivity (Wildman–Crippen MR) is 100 cm³/mol. The molecule has 1 aliphatic heterocycles. The van der Waals surface area contributed by atoms with Gasteiger partial charge < -0.3 is 10.1 Å². The second-order valence-electron chi connectivity index (χ2n) is 5.94. The van der Waals surface area contributed by atoms with E-state index in [1.807, 2.05) is 6.07 Å². The minimum absolute atomic E-state index is 0.0766. The van der Waals surface area contributed by atoms with Crippen molar-refractivity contribution in [2.75, 3.05) is 26.2 Å². The van der Waals surface area contributed by atoms with E-state index in [4.69, 9.17) is 4.74 Å². The average Bonchev–Trinajstić information content (AvgIpc) is 3.28. The van der Waals surface area contributed by atoms with Gasteiger partial charge in [-0.15, -0.1) is 11.3 Å². The SMILES string of the molecule is O=C(COc1ccc(Br)cc1F)NCC(c1cccs1)N1CCCC1. The van der Waals surface area contributed by atoms with Crippen LogP contribution in [0, 0.1) is 5.82 Å². The van der Waals surface area contributed by atoms with Gasteiger partial charge in [0.1, 0.15) is 0 Å². The summed E-state index contributed by atoms with van der Waals surface area (Å²) in [6.45, 7) is 2.44. The van der Waals surface area contributed by atoms with Crippen LogP contribution in [0.1, 0.15) is 23.8 Å². The van der Waals surface area contributed by atoms with Crippen LogP contribution in [0.3, 0.4) is 0 Å². The van der Waals surface area contributed by atoms with Crippen molar-refractivity contribution in [2.24, 2.45) is 0 Å². The summed E-state index contributed by atoms with van der Waals surface area (Å²) in [5, 5.41) is 4.97. The van der Waals surface area contributed by atoms with Gasteiger partial charge in [-0.05, 0) is 55.6 Å². The van der Waals surface area contributed by atoms with E-state index < -0.39 is 5.82 Å². The lowest BCUT2D eigenvalue weighted by molar-refractivity contribution is -0.123. The number of halogens is 2. The normalized spacial score (nSPS) is 15.9. The number of amides is 1. The fourth-order valence-electron chi connectivity index (χ4n) is 2.94. The van der Waals surface area contributed by atoms with E-state index >= 15 is 0 Å². The van der Waals surface area contributed by atoms with Crippen molar-refractivity contribution in [1.82, 2.24) is 10.2 Å². The number of carbonyl (C=O) groups excluding carboxylic acids is 1. The maximum atomic E-state index is 13.7. The Balaban J connectivity index is 1.53.